The van der Waals surface area contributed by atoms with Gasteiger partial charge in [0.05, 0.1) is 11.2 Å². The third kappa shape index (κ3) is 4.53. The van der Waals surface area contributed by atoms with Gasteiger partial charge in [0.2, 0.25) is 0 Å². The summed E-state index contributed by atoms with van der Waals surface area (Å²) in [4.78, 5) is 0. The van der Waals surface area contributed by atoms with Crippen LogP contribution >= 0.6 is 22.7 Å². The summed E-state index contributed by atoms with van der Waals surface area (Å²) in [6.07, 6.45) is 0. The van der Waals surface area contributed by atoms with E-state index in [4.69, 9.17) is 9.31 Å². The van der Waals surface area contributed by atoms with E-state index in [-0.39, 0.29) is 0 Å². The van der Waals surface area contributed by atoms with Crippen LogP contribution in [0.3, 0.4) is 0 Å². The molecule has 236 valence electrons. The quantitative estimate of drug-likeness (QED) is 0.175. The van der Waals surface area contributed by atoms with Crippen molar-refractivity contribution in [1.82, 2.24) is 0 Å². The maximum atomic E-state index is 6.64. The molecule has 5 heteroatoms. The molecule has 10 rings (SSSR count). The Kier molecular flexibility index (Phi) is 6.30. The molecule has 9 aromatic rings. The minimum atomic E-state index is -0.465. The van der Waals surface area contributed by atoms with Crippen LogP contribution in [-0.4, -0.2) is 18.3 Å². The van der Waals surface area contributed by atoms with Gasteiger partial charge in [0.25, 0.3) is 0 Å². The molecular weight excluding hydrogens is 635 g/mol. The second-order valence-corrected chi connectivity index (χ2v) is 16.5. The van der Waals surface area contributed by atoms with Crippen LogP contribution < -0.4 is 5.46 Å². The van der Waals surface area contributed by atoms with Crippen molar-refractivity contribution >= 4 is 97.1 Å². The zero-order valence-corrected chi connectivity index (χ0v) is 29.5. The number of benzene rings is 7. The van der Waals surface area contributed by atoms with Gasteiger partial charge in [-0.15, -0.1) is 22.7 Å². The minimum Gasteiger partial charge on any atom is -0.399 e. The van der Waals surface area contributed by atoms with Crippen LogP contribution in [0.4, 0.5) is 0 Å². The van der Waals surface area contributed by atoms with E-state index < -0.39 is 18.3 Å². The molecule has 1 aliphatic rings. The normalized spacial score (nSPS) is 15.9. The Bertz CT molecular complexity index is 2620. The van der Waals surface area contributed by atoms with E-state index in [1.54, 1.807) is 0 Å². The van der Waals surface area contributed by atoms with E-state index in [1.165, 1.54) is 73.0 Å². The number of hydrogen-bond acceptors (Lipinski definition) is 4. The molecule has 0 radical (unpaired) electrons. The second kappa shape index (κ2) is 10.5. The van der Waals surface area contributed by atoms with Gasteiger partial charge in [0.15, 0.2) is 0 Å². The highest BCUT2D eigenvalue weighted by Crippen LogP contribution is 2.43. The van der Waals surface area contributed by atoms with Crippen molar-refractivity contribution in [3.8, 4) is 22.3 Å². The van der Waals surface area contributed by atoms with Crippen molar-refractivity contribution in [2.75, 3.05) is 0 Å². The van der Waals surface area contributed by atoms with E-state index in [9.17, 15) is 0 Å². The van der Waals surface area contributed by atoms with Gasteiger partial charge < -0.3 is 9.31 Å². The van der Waals surface area contributed by atoms with E-state index in [0.717, 1.165) is 16.6 Å². The summed E-state index contributed by atoms with van der Waals surface area (Å²) in [6.45, 7) is 8.49. The molecule has 0 saturated carbocycles. The van der Waals surface area contributed by atoms with E-state index in [1.807, 2.05) is 22.7 Å². The first-order valence-electron chi connectivity index (χ1n) is 16.9. The largest absolute Gasteiger partial charge is 0.494 e. The maximum Gasteiger partial charge on any atom is 0.494 e. The van der Waals surface area contributed by atoms with Crippen molar-refractivity contribution in [3.05, 3.63) is 127 Å². The zero-order valence-electron chi connectivity index (χ0n) is 27.8. The summed E-state index contributed by atoms with van der Waals surface area (Å²) in [7, 11) is -0.465. The first-order chi connectivity index (χ1) is 23.7. The lowest BCUT2D eigenvalue weighted by Crippen LogP contribution is -2.41. The molecule has 0 aliphatic carbocycles. The SMILES string of the molecule is CC1(C)OB(c2cc(-c3ccc4sc5ccc6ccccc6c5c4c3)cc(-c3ccc4sc5ccc6ccccc6c5c4c3)c2)OC1(C)C. The number of fused-ring (bicyclic) bond motifs is 10. The third-order valence-corrected chi connectivity index (χ3v) is 13.1. The number of rotatable bonds is 3. The van der Waals surface area contributed by atoms with Crippen LogP contribution in [0.2, 0.25) is 0 Å². The lowest BCUT2D eigenvalue weighted by atomic mass is 9.76. The molecule has 2 nitrogen and oxygen atoms in total. The van der Waals surface area contributed by atoms with Gasteiger partial charge >= 0.3 is 7.12 Å². The highest BCUT2D eigenvalue weighted by atomic mass is 32.1. The highest BCUT2D eigenvalue weighted by Gasteiger charge is 2.51. The molecule has 1 fully saturated rings. The van der Waals surface area contributed by atoms with Crippen LogP contribution in [0.1, 0.15) is 27.7 Å². The molecule has 1 aliphatic heterocycles. The van der Waals surface area contributed by atoms with Crippen LogP contribution in [0, 0.1) is 0 Å². The molecule has 0 bridgehead atoms. The van der Waals surface area contributed by atoms with Crippen molar-refractivity contribution in [2.45, 2.75) is 38.9 Å². The van der Waals surface area contributed by atoms with Crippen molar-refractivity contribution in [1.29, 1.82) is 0 Å². The van der Waals surface area contributed by atoms with Gasteiger partial charge in [0, 0.05) is 40.3 Å². The molecule has 0 spiro atoms. The lowest BCUT2D eigenvalue weighted by molar-refractivity contribution is 0.00578. The fourth-order valence-electron chi connectivity index (χ4n) is 7.55. The average Bonchev–Trinajstić information content (AvgIpc) is 3.75. The fourth-order valence-corrected chi connectivity index (χ4v) is 9.76. The van der Waals surface area contributed by atoms with Gasteiger partial charge in [-0.2, -0.15) is 0 Å². The van der Waals surface area contributed by atoms with Crippen LogP contribution in [0.5, 0.6) is 0 Å². The van der Waals surface area contributed by atoms with Crippen LogP contribution in [-0.2, 0) is 9.31 Å². The number of hydrogen-bond donors (Lipinski definition) is 0. The third-order valence-electron chi connectivity index (χ3n) is 10.9. The first kappa shape index (κ1) is 29.4. The first-order valence-corrected chi connectivity index (χ1v) is 18.6. The zero-order chi connectivity index (χ0) is 33.1. The Labute approximate surface area is 293 Å². The summed E-state index contributed by atoms with van der Waals surface area (Å²) in [5.74, 6) is 0. The second-order valence-electron chi connectivity index (χ2n) is 14.4. The Morgan fingerprint density at radius 1 is 0.429 bits per heavy atom. The van der Waals surface area contributed by atoms with E-state index in [2.05, 4.69) is 155 Å². The van der Waals surface area contributed by atoms with Gasteiger partial charge in [-0.3, -0.25) is 0 Å². The summed E-state index contributed by atoms with van der Waals surface area (Å²) in [6, 6.07) is 47.2. The minimum absolute atomic E-state index is 0.432. The Balaban J connectivity index is 1.19. The fraction of sp³-hybridized carbons (Fsp3) is 0.136. The molecule has 3 heterocycles. The smallest absolute Gasteiger partial charge is 0.399 e. The van der Waals surface area contributed by atoms with E-state index >= 15 is 0 Å². The van der Waals surface area contributed by atoms with Gasteiger partial charge in [-0.05, 0) is 119 Å². The van der Waals surface area contributed by atoms with Crippen LogP contribution in [0.25, 0.3) is 84.1 Å². The molecule has 0 unspecified atom stereocenters. The average molecular weight is 669 g/mol. The maximum absolute atomic E-state index is 6.64. The van der Waals surface area contributed by atoms with Crippen molar-refractivity contribution in [3.63, 3.8) is 0 Å². The Hall–Kier alpha value is -4.52. The molecule has 1 saturated heterocycles. The Morgan fingerprint density at radius 2 is 0.878 bits per heavy atom. The summed E-state index contributed by atoms with van der Waals surface area (Å²) < 4.78 is 18.5. The molecule has 0 atom stereocenters. The highest BCUT2D eigenvalue weighted by molar-refractivity contribution is 7.26. The molecule has 49 heavy (non-hydrogen) atoms. The predicted octanol–water partition coefficient (Wildman–Crippen LogP) is 12.4. The van der Waals surface area contributed by atoms with Crippen molar-refractivity contribution < 1.29 is 9.31 Å². The van der Waals surface area contributed by atoms with Gasteiger partial charge in [0.1, 0.15) is 0 Å². The van der Waals surface area contributed by atoms with Crippen LogP contribution in [0.15, 0.2) is 127 Å². The lowest BCUT2D eigenvalue weighted by Gasteiger charge is -2.32. The number of thiophene rings is 2. The van der Waals surface area contributed by atoms with Gasteiger partial charge in [-0.1, -0.05) is 84.9 Å². The molecule has 0 amide bonds. The standard InChI is InChI=1S/C44H33BO2S2/c1-43(2)44(3,4)47-45(46-43)32-22-30(28-15-17-37-35(24-28)41-33-11-7-5-9-26(33)13-19-39(41)48-37)21-31(23-32)29-16-18-38-36(25-29)42-34-12-8-6-10-27(34)14-20-40(42)49-38/h5-25H,1-4H3. The Morgan fingerprint density at radius 3 is 1.37 bits per heavy atom. The summed E-state index contributed by atoms with van der Waals surface area (Å²) in [5.41, 5.74) is 4.86. The topological polar surface area (TPSA) is 18.5 Å². The molecular formula is C44H33BO2S2. The summed E-state index contributed by atoms with van der Waals surface area (Å²) in [5, 5.41) is 10.4. The summed E-state index contributed by atoms with van der Waals surface area (Å²) >= 11 is 3.74. The van der Waals surface area contributed by atoms with Crippen molar-refractivity contribution in [2.24, 2.45) is 0 Å². The molecule has 0 N–H and O–H groups in total. The van der Waals surface area contributed by atoms with E-state index in [0.29, 0.717) is 0 Å². The predicted molar refractivity (Wildman–Crippen MR) is 214 cm³/mol. The molecule has 7 aromatic carbocycles. The molecule has 2 aromatic heterocycles. The van der Waals surface area contributed by atoms with Gasteiger partial charge in [-0.25, -0.2) is 0 Å². The monoisotopic (exact) mass is 668 g/mol.